The molecular weight excluding hydrogens is 583 g/mol. The number of hydrogen-bond acceptors (Lipinski definition) is 2. The molecule has 0 spiro atoms. The number of unbranched alkanes of at least 4 members (excludes halogenated alkanes) is 1. The first-order valence-electron chi connectivity index (χ1n) is 16.9. The van der Waals surface area contributed by atoms with Crippen LogP contribution in [0.2, 0.25) is 10.0 Å². The Morgan fingerprint density at radius 1 is 0.909 bits per heavy atom. The Labute approximate surface area is 274 Å². The number of rotatable bonds is 11. The molecule has 2 nitrogen and oxygen atoms in total. The van der Waals surface area contributed by atoms with Gasteiger partial charge >= 0.3 is 0 Å². The maximum Gasteiger partial charge on any atom is 0.137 e. The van der Waals surface area contributed by atoms with E-state index in [4.69, 9.17) is 23.2 Å². The molecule has 234 valence electrons. The maximum absolute atomic E-state index is 11.6. The molecule has 7 rings (SSSR count). The largest absolute Gasteiger partial charge is 0.507 e. The normalized spacial score (nSPS) is 25.5. The van der Waals surface area contributed by atoms with E-state index in [1.54, 1.807) is 6.07 Å². The standard InChI is InChI=1S/C40H48Cl2O2/c1-4-30(19-33-20-34(41)21-37(42)39(33)44)26(3)35-13-9-8-11-31(35)10-6-5-7-12-32-14-25(2)15-36(38(32)43)40-22-27-16-28(23-40)18-29(17-27)24-40/h7-9,11-15,20-21,26-30,43-44H,4-6,10,16-19,22-24H2,1-3H3. The first-order chi connectivity index (χ1) is 21.2. The second kappa shape index (κ2) is 13.1. The molecule has 0 radical (unpaired) electrons. The lowest BCUT2D eigenvalue weighted by molar-refractivity contribution is -0.00617. The van der Waals surface area contributed by atoms with E-state index in [-0.39, 0.29) is 11.2 Å². The number of halogens is 2. The van der Waals surface area contributed by atoms with E-state index >= 15 is 0 Å². The van der Waals surface area contributed by atoms with E-state index in [0.717, 1.165) is 61.0 Å². The minimum absolute atomic E-state index is 0.145. The Kier molecular flexibility index (Phi) is 9.42. The Bertz CT molecular complexity index is 1490. The SMILES string of the molecule is CCC(Cc1cc(Cl)cc(Cl)c1O)C(C)c1ccccc1CCCC=Cc1cc(C)cc(C23CC4CC(CC(C4)C2)C3)c1O. The molecule has 0 aliphatic heterocycles. The first kappa shape index (κ1) is 31.6. The van der Waals surface area contributed by atoms with Crippen molar-refractivity contribution in [2.45, 2.75) is 103 Å². The topological polar surface area (TPSA) is 40.5 Å². The molecular formula is C40H48Cl2O2. The highest BCUT2D eigenvalue weighted by molar-refractivity contribution is 6.35. The first-order valence-corrected chi connectivity index (χ1v) is 17.7. The van der Waals surface area contributed by atoms with E-state index in [9.17, 15) is 10.2 Å². The third-order valence-corrected chi connectivity index (χ3v) is 11.9. The van der Waals surface area contributed by atoms with Crippen LogP contribution in [0.15, 0.2) is 54.6 Å². The summed E-state index contributed by atoms with van der Waals surface area (Å²) in [5, 5.41) is 23.0. The van der Waals surface area contributed by atoms with Crippen LogP contribution in [0.3, 0.4) is 0 Å². The Morgan fingerprint density at radius 3 is 2.27 bits per heavy atom. The number of phenolic OH excluding ortho intramolecular Hbond substituents is 2. The van der Waals surface area contributed by atoms with Gasteiger partial charge in [-0.25, -0.2) is 0 Å². The van der Waals surface area contributed by atoms with Crippen molar-refractivity contribution in [3.05, 3.63) is 98.0 Å². The van der Waals surface area contributed by atoms with E-state index < -0.39 is 0 Å². The molecule has 0 amide bonds. The number of phenols is 2. The molecule has 0 heterocycles. The lowest BCUT2D eigenvalue weighted by atomic mass is 9.48. The average Bonchev–Trinajstić information content (AvgIpc) is 2.98. The van der Waals surface area contributed by atoms with Crippen molar-refractivity contribution < 1.29 is 10.2 Å². The van der Waals surface area contributed by atoms with E-state index in [2.05, 4.69) is 69.3 Å². The number of aromatic hydroxyl groups is 2. The van der Waals surface area contributed by atoms with Crippen LogP contribution in [0.1, 0.15) is 111 Å². The zero-order valence-electron chi connectivity index (χ0n) is 26.6. The number of benzene rings is 3. The third-order valence-electron chi connectivity index (χ3n) is 11.4. The van der Waals surface area contributed by atoms with Gasteiger partial charge in [-0.05, 0) is 147 Å². The number of hydrogen-bond donors (Lipinski definition) is 2. The number of aryl methyl sites for hydroxylation is 2. The second-order valence-electron chi connectivity index (χ2n) is 14.5. The van der Waals surface area contributed by atoms with Crippen molar-refractivity contribution in [1.82, 2.24) is 0 Å². The van der Waals surface area contributed by atoms with Gasteiger partial charge in [0.25, 0.3) is 0 Å². The van der Waals surface area contributed by atoms with Crippen LogP contribution >= 0.6 is 23.2 Å². The molecule has 0 saturated heterocycles. The van der Waals surface area contributed by atoms with Gasteiger partial charge in [0.1, 0.15) is 11.5 Å². The summed E-state index contributed by atoms with van der Waals surface area (Å²) >= 11 is 12.5. The van der Waals surface area contributed by atoms with Crippen LogP contribution in [0, 0.1) is 30.6 Å². The highest BCUT2D eigenvalue weighted by Crippen LogP contribution is 2.62. The van der Waals surface area contributed by atoms with Gasteiger partial charge in [0.05, 0.1) is 5.02 Å². The zero-order chi connectivity index (χ0) is 31.0. The lowest BCUT2D eigenvalue weighted by Crippen LogP contribution is -2.48. The summed E-state index contributed by atoms with van der Waals surface area (Å²) < 4.78 is 0. The second-order valence-corrected chi connectivity index (χ2v) is 15.3. The predicted octanol–water partition coefficient (Wildman–Crippen LogP) is 11.6. The summed E-state index contributed by atoms with van der Waals surface area (Å²) in [6.07, 6.45) is 17.2. The van der Waals surface area contributed by atoms with Gasteiger partial charge in [-0.3, -0.25) is 0 Å². The summed E-state index contributed by atoms with van der Waals surface area (Å²) in [5.74, 6) is 3.94. The molecule has 2 atom stereocenters. The van der Waals surface area contributed by atoms with Gasteiger partial charge < -0.3 is 10.2 Å². The fourth-order valence-corrected chi connectivity index (χ4v) is 10.1. The van der Waals surface area contributed by atoms with Crippen molar-refractivity contribution in [3.8, 4) is 11.5 Å². The van der Waals surface area contributed by atoms with Crippen LogP contribution in [0.5, 0.6) is 11.5 Å². The summed E-state index contributed by atoms with van der Waals surface area (Å²) in [7, 11) is 0. The van der Waals surface area contributed by atoms with Crippen LogP contribution in [0.25, 0.3) is 6.08 Å². The quantitative estimate of drug-likeness (QED) is 0.207. The van der Waals surface area contributed by atoms with Gasteiger partial charge in [0, 0.05) is 16.1 Å². The van der Waals surface area contributed by atoms with Crippen molar-refractivity contribution in [2.75, 3.05) is 0 Å². The van der Waals surface area contributed by atoms with Crippen LogP contribution in [0.4, 0.5) is 0 Å². The fraction of sp³-hybridized carbons (Fsp3) is 0.500. The highest BCUT2D eigenvalue weighted by Gasteiger charge is 2.52. The molecule has 4 aliphatic carbocycles. The predicted molar refractivity (Wildman–Crippen MR) is 185 cm³/mol. The molecule has 4 bridgehead atoms. The van der Waals surface area contributed by atoms with Crippen molar-refractivity contribution in [3.63, 3.8) is 0 Å². The minimum atomic E-state index is 0.145. The smallest absolute Gasteiger partial charge is 0.137 e. The van der Waals surface area contributed by atoms with Gasteiger partial charge in [-0.15, -0.1) is 0 Å². The van der Waals surface area contributed by atoms with Gasteiger partial charge in [0.2, 0.25) is 0 Å². The molecule has 3 aromatic carbocycles. The third kappa shape index (κ3) is 6.45. The van der Waals surface area contributed by atoms with E-state index in [0.29, 0.717) is 27.6 Å². The highest BCUT2D eigenvalue weighted by atomic mass is 35.5. The molecule has 4 fully saturated rings. The molecule has 44 heavy (non-hydrogen) atoms. The summed E-state index contributed by atoms with van der Waals surface area (Å²) in [5.41, 5.74) is 7.26. The molecule has 4 saturated carbocycles. The van der Waals surface area contributed by atoms with E-state index in [1.165, 1.54) is 60.8 Å². The zero-order valence-corrected chi connectivity index (χ0v) is 28.1. The van der Waals surface area contributed by atoms with Gasteiger partial charge in [-0.1, -0.05) is 86.0 Å². The average molecular weight is 632 g/mol. The van der Waals surface area contributed by atoms with Crippen LogP contribution in [-0.4, -0.2) is 10.2 Å². The van der Waals surface area contributed by atoms with Crippen molar-refractivity contribution >= 4 is 29.3 Å². The lowest BCUT2D eigenvalue weighted by Gasteiger charge is -2.57. The van der Waals surface area contributed by atoms with Crippen molar-refractivity contribution in [2.24, 2.45) is 23.7 Å². The Balaban J connectivity index is 1.11. The molecule has 2 unspecified atom stereocenters. The molecule has 0 aromatic heterocycles. The fourth-order valence-electron chi connectivity index (χ4n) is 9.59. The molecule has 4 aliphatic rings. The summed E-state index contributed by atoms with van der Waals surface area (Å²) in [6.45, 7) is 6.70. The molecule has 2 N–H and O–H groups in total. The Hall–Kier alpha value is -2.42. The van der Waals surface area contributed by atoms with E-state index in [1.807, 2.05) is 6.07 Å². The van der Waals surface area contributed by atoms with Gasteiger partial charge in [-0.2, -0.15) is 0 Å². The minimum Gasteiger partial charge on any atom is -0.507 e. The van der Waals surface area contributed by atoms with Gasteiger partial charge in [0.15, 0.2) is 0 Å². The summed E-state index contributed by atoms with van der Waals surface area (Å²) in [4.78, 5) is 0. The molecule has 3 aromatic rings. The monoisotopic (exact) mass is 630 g/mol. The summed E-state index contributed by atoms with van der Waals surface area (Å²) in [6, 6.07) is 16.7. The Morgan fingerprint density at radius 2 is 1.59 bits per heavy atom. The molecule has 4 heteroatoms. The van der Waals surface area contributed by atoms with Crippen LogP contribution < -0.4 is 0 Å². The number of allylic oxidation sites excluding steroid dienone is 1. The maximum atomic E-state index is 11.6. The van der Waals surface area contributed by atoms with Crippen LogP contribution in [-0.2, 0) is 18.3 Å². The van der Waals surface area contributed by atoms with Crippen molar-refractivity contribution in [1.29, 1.82) is 0 Å².